The molecule has 19 heavy (non-hydrogen) atoms. The number of amides is 1. The van der Waals surface area contributed by atoms with Crippen LogP contribution in [0.1, 0.15) is 28.5 Å². The summed E-state index contributed by atoms with van der Waals surface area (Å²) in [6.45, 7) is 0.505. The molecule has 5 heteroatoms. The highest BCUT2D eigenvalue weighted by molar-refractivity contribution is 5.91. The van der Waals surface area contributed by atoms with Gasteiger partial charge in [-0.3, -0.25) is 9.78 Å². The van der Waals surface area contributed by atoms with Crippen LogP contribution < -0.4 is 11.1 Å². The highest BCUT2D eigenvalue weighted by Gasteiger charge is 2.08. The fourth-order valence-corrected chi connectivity index (χ4v) is 1.72. The second kappa shape index (κ2) is 6.61. The standard InChI is InChI=1S/C14H16N4O/c15-12(11-4-2-1-3-5-11)6-7-18-14(19)13-10-16-8-9-17-13/h1-5,8-10,12H,6-7,15H2,(H,18,19). The predicted octanol–water partition coefficient (Wildman–Crippen LogP) is 1.30. The van der Waals surface area contributed by atoms with Gasteiger partial charge in [0.25, 0.3) is 5.91 Å². The normalized spacial score (nSPS) is 11.8. The molecule has 1 unspecified atom stereocenters. The van der Waals surface area contributed by atoms with E-state index in [0.29, 0.717) is 18.7 Å². The Hall–Kier alpha value is -2.27. The fraction of sp³-hybridized carbons (Fsp3) is 0.214. The highest BCUT2D eigenvalue weighted by atomic mass is 16.1. The van der Waals surface area contributed by atoms with Gasteiger partial charge in [-0.25, -0.2) is 4.98 Å². The van der Waals surface area contributed by atoms with Crippen molar-refractivity contribution < 1.29 is 4.79 Å². The van der Waals surface area contributed by atoms with Crippen molar-refractivity contribution in [1.82, 2.24) is 15.3 Å². The molecule has 2 aromatic rings. The number of nitrogens with one attached hydrogen (secondary N) is 1. The molecular formula is C14H16N4O. The van der Waals surface area contributed by atoms with Crippen LogP contribution in [-0.2, 0) is 0 Å². The van der Waals surface area contributed by atoms with Crippen LogP contribution in [0.15, 0.2) is 48.9 Å². The Balaban J connectivity index is 1.79. The van der Waals surface area contributed by atoms with Crippen molar-refractivity contribution in [3.63, 3.8) is 0 Å². The Morgan fingerprint density at radius 3 is 2.74 bits per heavy atom. The summed E-state index contributed by atoms with van der Waals surface area (Å²) in [4.78, 5) is 19.5. The van der Waals surface area contributed by atoms with Gasteiger partial charge in [0.15, 0.2) is 0 Å². The lowest BCUT2D eigenvalue weighted by Crippen LogP contribution is -2.27. The van der Waals surface area contributed by atoms with Crippen molar-refractivity contribution in [2.45, 2.75) is 12.5 Å². The maximum Gasteiger partial charge on any atom is 0.271 e. The third kappa shape index (κ3) is 3.86. The molecule has 0 radical (unpaired) electrons. The van der Waals surface area contributed by atoms with Gasteiger partial charge in [-0.2, -0.15) is 0 Å². The van der Waals surface area contributed by atoms with Crippen LogP contribution in [0.25, 0.3) is 0 Å². The molecule has 0 saturated heterocycles. The summed E-state index contributed by atoms with van der Waals surface area (Å²) >= 11 is 0. The van der Waals surface area contributed by atoms with Gasteiger partial charge in [0.1, 0.15) is 5.69 Å². The second-order valence-electron chi connectivity index (χ2n) is 4.15. The minimum atomic E-state index is -0.228. The van der Waals surface area contributed by atoms with Crippen LogP contribution in [0, 0.1) is 0 Å². The zero-order valence-electron chi connectivity index (χ0n) is 10.5. The van der Waals surface area contributed by atoms with Gasteiger partial charge in [-0.1, -0.05) is 30.3 Å². The average molecular weight is 256 g/mol. The van der Waals surface area contributed by atoms with Gasteiger partial charge in [0.2, 0.25) is 0 Å². The number of carbonyl (C=O) groups is 1. The van der Waals surface area contributed by atoms with Crippen LogP contribution in [-0.4, -0.2) is 22.4 Å². The van der Waals surface area contributed by atoms with Gasteiger partial charge in [0.05, 0.1) is 6.20 Å². The lowest BCUT2D eigenvalue weighted by Gasteiger charge is -2.12. The summed E-state index contributed by atoms with van der Waals surface area (Å²) in [5.41, 5.74) is 7.42. The van der Waals surface area contributed by atoms with E-state index in [4.69, 9.17) is 5.73 Å². The van der Waals surface area contributed by atoms with E-state index in [1.54, 1.807) is 0 Å². The van der Waals surface area contributed by atoms with Crippen LogP contribution >= 0.6 is 0 Å². The Kier molecular flexibility index (Phi) is 4.58. The Morgan fingerprint density at radius 2 is 2.05 bits per heavy atom. The topological polar surface area (TPSA) is 80.9 Å². The SMILES string of the molecule is NC(CCNC(=O)c1cnccn1)c1ccccc1. The lowest BCUT2D eigenvalue weighted by atomic mass is 10.1. The predicted molar refractivity (Wildman–Crippen MR) is 72.4 cm³/mol. The Morgan fingerprint density at radius 1 is 1.26 bits per heavy atom. The van der Waals surface area contributed by atoms with Crippen molar-refractivity contribution in [3.8, 4) is 0 Å². The van der Waals surface area contributed by atoms with Crippen molar-refractivity contribution in [2.24, 2.45) is 5.73 Å². The first kappa shape index (κ1) is 13.2. The van der Waals surface area contributed by atoms with E-state index in [2.05, 4.69) is 15.3 Å². The van der Waals surface area contributed by atoms with E-state index in [0.717, 1.165) is 5.56 Å². The highest BCUT2D eigenvalue weighted by Crippen LogP contribution is 2.12. The number of aromatic nitrogens is 2. The molecule has 1 aromatic heterocycles. The third-order valence-electron chi connectivity index (χ3n) is 2.76. The molecule has 2 rings (SSSR count). The summed E-state index contributed by atoms with van der Waals surface area (Å²) in [7, 11) is 0. The third-order valence-corrected chi connectivity index (χ3v) is 2.76. The minimum absolute atomic E-state index is 0.0802. The van der Waals surface area contributed by atoms with E-state index < -0.39 is 0 Å². The zero-order valence-corrected chi connectivity index (χ0v) is 10.5. The molecule has 0 bridgehead atoms. The monoisotopic (exact) mass is 256 g/mol. The summed E-state index contributed by atoms with van der Waals surface area (Å²) in [6.07, 6.45) is 5.13. The van der Waals surface area contributed by atoms with E-state index >= 15 is 0 Å². The number of hydrogen-bond donors (Lipinski definition) is 2. The zero-order chi connectivity index (χ0) is 13.5. The van der Waals surface area contributed by atoms with Gasteiger partial charge < -0.3 is 11.1 Å². The molecule has 1 atom stereocenters. The van der Waals surface area contributed by atoms with Crippen LogP contribution in [0.4, 0.5) is 0 Å². The number of hydrogen-bond acceptors (Lipinski definition) is 4. The largest absolute Gasteiger partial charge is 0.351 e. The van der Waals surface area contributed by atoms with Gasteiger partial charge in [0, 0.05) is 25.0 Å². The molecular weight excluding hydrogens is 240 g/mol. The molecule has 0 aliphatic heterocycles. The molecule has 0 fully saturated rings. The van der Waals surface area contributed by atoms with Crippen molar-refractivity contribution in [2.75, 3.05) is 6.54 Å². The molecule has 0 spiro atoms. The quantitative estimate of drug-likeness (QED) is 0.844. The molecule has 3 N–H and O–H groups in total. The lowest BCUT2D eigenvalue weighted by molar-refractivity contribution is 0.0947. The molecule has 1 amide bonds. The van der Waals surface area contributed by atoms with Crippen molar-refractivity contribution >= 4 is 5.91 Å². The minimum Gasteiger partial charge on any atom is -0.351 e. The summed E-state index contributed by atoms with van der Waals surface area (Å²) in [5.74, 6) is -0.228. The first-order valence-electron chi connectivity index (χ1n) is 6.12. The van der Waals surface area contributed by atoms with Gasteiger partial charge in [-0.15, -0.1) is 0 Å². The van der Waals surface area contributed by atoms with E-state index in [1.165, 1.54) is 18.6 Å². The molecule has 0 aliphatic rings. The summed E-state index contributed by atoms with van der Waals surface area (Å²) < 4.78 is 0. The van der Waals surface area contributed by atoms with Crippen molar-refractivity contribution in [3.05, 3.63) is 60.2 Å². The summed E-state index contributed by atoms with van der Waals surface area (Å²) in [6, 6.07) is 9.74. The maximum atomic E-state index is 11.7. The smallest absolute Gasteiger partial charge is 0.271 e. The fourth-order valence-electron chi connectivity index (χ4n) is 1.72. The van der Waals surface area contributed by atoms with Crippen LogP contribution in [0.5, 0.6) is 0 Å². The van der Waals surface area contributed by atoms with Crippen LogP contribution in [0.3, 0.4) is 0 Å². The second-order valence-corrected chi connectivity index (χ2v) is 4.15. The van der Waals surface area contributed by atoms with Crippen molar-refractivity contribution in [1.29, 1.82) is 0 Å². The molecule has 0 saturated carbocycles. The first-order chi connectivity index (χ1) is 9.27. The Bertz CT molecular complexity index is 515. The number of nitrogens with two attached hydrogens (primary N) is 1. The van der Waals surface area contributed by atoms with Crippen LogP contribution in [0.2, 0.25) is 0 Å². The van der Waals surface area contributed by atoms with Gasteiger partial charge >= 0.3 is 0 Å². The summed E-state index contributed by atoms with van der Waals surface area (Å²) in [5, 5.41) is 2.78. The number of rotatable bonds is 5. The number of nitrogens with zero attached hydrogens (tertiary/aromatic N) is 2. The molecule has 1 heterocycles. The van der Waals surface area contributed by atoms with E-state index in [-0.39, 0.29) is 11.9 Å². The number of benzene rings is 1. The number of carbonyl (C=O) groups excluding carboxylic acids is 1. The van der Waals surface area contributed by atoms with E-state index in [1.807, 2.05) is 30.3 Å². The molecule has 5 nitrogen and oxygen atoms in total. The van der Waals surface area contributed by atoms with Gasteiger partial charge in [-0.05, 0) is 12.0 Å². The first-order valence-corrected chi connectivity index (χ1v) is 6.12. The molecule has 98 valence electrons. The average Bonchev–Trinajstić information content (AvgIpc) is 2.49. The maximum absolute atomic E-state index is 11.7. The van der Waals surface area contributed by atoms with E-state index in [9.17, 15) is 4.79 Å². The Labute approximate surface area is 111 Å². The molecule has 0 aliphatic carbocycles. The molecule has 1 aromatic carbocycles.